The highest BCUT2D eigenvalue weighted by atomic mass is 32.1. The van der Waals surface area contributed by atoms with E-state index < -0.39 is 0 Å². The Kier molecular flexibility index (Phi) is 4.42. The Morgan fingerprint density at radius 1 is 1.31 bits per heavy atom. The maximum atomic E-state index is 12.7. The second kappa shape index (κ2) is 6.87. The van der Waals surface area contributed by atoms with Crippen LogP contribution in [-0.4, -0.2) is 44.9 Å². The highest BCUT2D eigenvalue weighted by Gasteiger charge is 2.43. The van der Waals surface area contributed by atoms with Gasteiger partial charge in [0.05, 0.1) is 12.0 Å². The number of nitrogens with one attached hydrogen (secondary N) is 1. The Morgan fingerprint density at radius 2 is 2.19 bits per heavy atom. The summed E-state index contributed by atoms with van der Waals surface area (Å²) in [7, 11) is 1.77. The smallest absolute Gasteiger partial charge is 0.226 e. The van der Waals surface area contributed by atoms with E-state index in [2.05, 4.69) is 15.5 Å². The Morgan fingerprint density at radius 3 is 3.00 bits per heavy atom. The highest BCUT2D eigenvalue weighted by molar-refractivity contribution is 7.10. The molecule has 1 saturated heterocycles. The molecule has 26 heavy (non-hydrogen) atoms. The summed E-state index contributed by atoms with van der Waals surface area (Å²) in [5.41, 5.74) is 0.787. The molecule has 0 radical (unpaired) electrons. The minimum atomic E-state index is -0.360. The monoisotopic (exact) mass is 369 g/mol. The molecule has 2 amide bonds. The van der Waals surface area contributed by atoms with Gasteiger partial charge >= 0.3 is 0 Å². The lowest BCUT2D eigenvalue weighted by molar-refractivity contribution is -0.128. The lowest BCUT2D eigenvalue weighted by Crippen LogP contribution is -2.35. The van der Waals surface area contributed by atoms with Crippen LogP contribution >= 0.6 is 11.3 Å². The van der Waals surface area contributed by atoms with Crippen molar-refractivity contribution in [2.24, 2.45) is 5.92 Å². The number of rotatable bonds is 5. The summed E-state index contributed by atoms with van der Waals surface area (Å²) < 4.78 is 1.91. The molecule has 0 bridgehead atoms. The molecule has 1 fully saturated rings. The predicted molar refractivity (Wildman–Crippen MR) is 97.6 cm³/mol. The van der Waals surface area contributed by atoms with Gasteiger partial charge in [0.1, 0.15) is 5.82 Å². The fourth-order valence-corrected chi connectivity index (χ4v) is 4.38. The number of nitrogens with zero attached hydrogens (tertiary/aromatic N) is 4. The Hall–Kier alpha value is -2.74. The summed E-state index contributed by atoms with van der Waals surface area (Å²) in [5, 5.41) is 13.2. The molecule has 2 unspecified atom stereocenters. The summed E-state index contributed by atoms with van der Waals surface area (Å²) in [5.74, 6) is 0.360. The van der Waals surface area contributed by atoms with Crippen LogP contribution in [0.25, 0.3) is 5.65 Å². The topological polar surface area (TPSA) is 79.6 Å². The van der Waals surface area contributed by atoms with E-state index in [1.54, 1.807) is 23.3 Å². The zero-order chi connectivity index (χ0) is 18.1. The number of pyridine rings is 1. The first-order valence-electron chi connectivity index (χ1n) is 8.50. The van der Waals surface area contributed by atoms with Crippen LogP contribution in [0.15, 0.2) is 41.9 Å². The number of likely N-dealkylation sites (tertiary alicyclic amines) is 1. The molecule has 134 valence electrons. The van der Waals surface area contributed by atoms with Crippen LogP contribution in [0.1, 0.15) is 23.2 Å². The molecular formula is C18H19N5O2S. The van der Waals surface area contributed by atoms with Crippen LogP contribution < -0.4 is 5.32 Å². The molecular weight excluding hydrogens is 350 g/mol. The standard InChI is InChI=1S/C18H19N5O2S/c1-22-16(24)11-12(17(22)13-5-4-10-26-13)18(25)19-8-7-15-21-20-14-6-2-3-9-23(14)15/h2-6,9-10,12,17H,7-8,11H2,1H3,(H,19,25). The van der Waals surface area contributed by atoms with Crippen molar-refractivity contribution in [3.05, 3.63) is 52.6 Å². The van der Waals surface area contributed by atoms with E-state index in [0.29, 0.717) is 13.0 Å². The summed E-state index contributed by atoms with van der Waals surface area (Å²) >= 11 is 1.57. The van der Waals surface area contributed by atoms with Crippen molar-refractivity contribution in [3.8, 4) is 0 Å². The quantitative estimate of drug-likeness (QED) is 0.742. The lowest BCUT2D eigenvalue weighted by atomic mass is 9.98. The molecule has 8 heteroatoms. The zero-order valence-electron chi connectivity index (χ0n) is 14.3. The number of carbonyl (C=O) groups is 2. The van der Waals surface area contributed by atoms with Crippen LogP contribution in [0.5, 0.6) is 0 Å². The molecule has 4 rings (SSSR count). The van der Waals surface area contributed by atoms with E-state index in [1.807, 2.05) is 46.3 Å². The number of carbonyl (C=O) groups excluding carboxylic acids is 2. The third-order valence-corrected chi connectivity index (χ3v) is 5.73. The number of hydrogen-bond donors (Lipinski definition) is 1. The van der Waals surface area contributed by atoms with Gasteiger partial charge in [0.2, 0.25) is 11.8 Å². The van der Waals surface area contributed by atoms with Crippen molar-refractivity contribution in [1.29, 1.82) is 0 Å². The summed E-state index contributed by atoms with van der Waals surface area (Å²) in [6.45, 7) is 0.458. The van der Waals surface area contributed by atoms with Crippen LogP contribution in [0.2, 0.25) is 0 Å². The molecule has 4 heterocycles. The molecule has 1 aliphatic rings. The average molecular weight is 369 g/mol. The second-order valence-electron chi connectivity index (χ2n) is 6.36. The van der Waals surface area contributed by atoms with Crippen LogP contribution in [-0.2, 0) is 16.0 Å². The molecule has 0 spiro atoms. The van der Waals surface area contributed by atoms with Gasteiger partial charge in [0, 0.05) is 37.5 Å². The zero-order valence-corrected chi connectivity index (χ0v) is 15.1. The van der Waals surface area contributed by atoms with Crippen molar-refractivity contribution in [2.75, 3.05) is 13.6 Å². The Bertz CT molecular complexity index is 936. The Labute approximate surface area is 154 Å². The normalized spacial score (nSPS) is 20.0. The maximum Gasteiger partial charge on any atom is 0.226 e. The third-order valence-electron chi connectivity index (χ3n) is 4.79. The number of fused-ring (bicyclic) bond motifs is 1. The first-order chi connectivity index (χ1) is 12.6. The largest absolute Gasteiger partial charge is 0.355 e. The van der Waals surface area contributed by atoms with Crippen molar-refractivity contribution < 1.29 is 9.59 Å². The van der Waals surface area contributed by atoms with Crippen LogP contribution in [0, 0.1) is 5.92 Å². The first-order valence-corrected chi connectivity index (χ1v) is 9.38. The van der Waals surface area contributed by atoms with Crippen molar-refractivity contribution in [3.63, 3.8) is 0 Å². The number of aromatic nitrogens is 3. The van der Waals surface area contributed by atoms with E-state index in [1.165, 1.54) is 0 Å². The second-order valence-corrected chi connectivity index (χ2v) is 7.34. The third kappa shape index (κ3) is 2.96. The molecule has 1 N–H and O–H groups in total. The van der Waals surface area contributed by atoms with Gasteiger partial charge in [-0.3, -0.25) is 14.0 Å². The Balaban J connectivity index is 1.42. The number of hydrogen-bond acceptors (Lipinski definition) is 5. The molecule has 2 atom stereocenters. The fourth-order valence-electron chi connectivity index (χ4n) is 3.44. The molecule has 7 nitrogen and oxygen atoms in total. The first kappa shape index (κ1) is 16.7. The molecule has 0 aliphatic carbocycles. The maximum absolute atomic E-state index is 12.7. The highest BCUT2D eigenvalue weighted by Crippen LogP contribution is 2.38. The molecule has 0 aromatic carbocycles. The van der Waals surface area contributed by atoms with Gasteiger partial charge in [0.25, 0.3) is 0 Å². The fraction of sp³-hybridized carbons (Fsp3) is 0.333. The van der Waals surface area contributed by atoms with Gasteiger partial charge in [-0.2, -0.15) is 0 Å². The van der Waals surface area contributed by atoms with Crippen molar-refractivity contribution in [1.82, 2.24) is 24.8 Å². The molecule has 3 aromatic heterocycles. The van der Waals surface area contributed by atoms with E-state index in [-0.39, 0.29) is 30.2 Å². The molecule has 0 saturated carbocycles. The van der Waals surface area contributed by atoms with E-state index in [0.717, 1.165) is 16.3 Å². The van der Waals surface area contributed by atoms with Crippen molar-refractivity contribution >= 4 is 28.8 Å². The summed E-state index contributed by atoms with van der Waals surface area (Å²) in [6.07, 6.45) is 2.74. The minimum absolute atomic E-state index is 0.00648. The van der Waals surface area contributed by atoms with Gasteiger partial charge in [0.15, 0.2) is 5.65 Å². The lowest BCUT2D eigenvalue weighted by Gasteiger charge is -2.23. The average Bonchev–Trinajstić information content (AvgIpc) is 3.36. The van der Waals surface area contributed by atoms with E-state index >= 15 is 0 Å². The van der Waals surface area contributed by atoms with E-state index in [4.69, 9.17) is 0 Å². The molecule has 3 aromatic rings. The van der Waals surface area contributed by atoms with E-state index in [9.17, 15) is 9.59 Å². The van der Waals surface area contributed by atoms with Gasteiger partial charge in [-0.15, -0.1) is 21.5 Å². The minimum Gasteiger partial charge on any atom is -0.355 e. The van der Waals surface area contributed by atoms with Crippen molar-refractivity contribution in [2.45, 2.75) is 18.9 Å². The van der Waals surface area contributed by atoms with Gasteiger partial charge in [-0.05, 0) is 23.6 Å². The summed E-state index contributed by atoms with van der Waals surface area (Å²) in [4.78, 5) is 27.6. The van der Waals surface area contributed by atoms with Gasteiger partial charge < -0.3 is 10.2 Å². The van der Waals surface area contributed by atoms with Gasteiger partial charge in [-0.1, -0.05) is 12.1 Å². The van der Waals surface area contributed by atoms with Crippen LogP contribution in [0.3, 0.4) is 0 Å². The SMILES string of the molecule is CN1C(=O)CC(C(=O)NCCc2nnc3ccccn23)C1c1cccs1. The van der Waals surface area contributed by atoms with Gasteiger partial charge in [-0.25, -0.2) is 0 Å². The summed E-state index contributed by atoms with van der Waals surface area (Å²) in [6, 6.07) is 9.46. The molecule has 1 aliphatic heterocycles. The van der Waals surface area contributed by atoms with Crippen LogP contribution in [0.4, 0.5) is 0 Å². The predicted octanol–water partition coefficient (Wildman–Crippen LogP) is 1.67. The number of amides is 2. The number of thiophene rings is 1.